The Kier molecular flexibility index (Phi) is 4.68. The van der Waals surface area contributed by atoms with E-state index in [4.69, 9.17) is 0 Å². The van der Waals surface area contributed by atoms with Gasteiger partial charge in [-0.3, -0.25) is 4.98 Å². The van der Waals surface area contributed by atoms with Gasteiger partial charge in [0.25, 0.3) is 0 Å². The van der Waals surface area contributed by atoms with Gasteiger partial charge in [0.05, 0.1) is 16.9 Å². The fourth-order valence-corrected chi connectivity index (χ4v) is 3.19. The maximum atomic E-state index is 14.0. The Morgan fingerprint density at radius 1 is 0.806 bits per heavy atom. The second-order valence-electron chi connectivity index (χ2n) is 6.60. The normalized spacial score (nSPS) is 10.9. The molecule has 0 unspecified atom stereocenters. The summed E-state index contributed by atoms with van der Waals surface area (Å²) in [4.78, 5) is 13.0. The van der Waals surface area contributed by atoms with Crippen LogP contribution in [0.25, 0.3) is 39.7 Å². The summed E-state index contributed by atoms with van der Waals surface area (Å²) in [6, 6.07) is 16.0. The number of aromatic nitrogens is 7. The van der Waals surface area contributed by atoms with E-state index in [0.717, 1.165) is 11.8 Å². The third-order valence-corrected chi connectivity index (χ3v) is 4.57. The predicted octanol–water partition coefficient (Wildman–Crippen LogP) is 4.13. The van der Waals surface area contributed by atoms with Crippen molar-refractivity contribution in [3.05, 3.63) is 90.9 Å². The molecule has 0 fully saturated rings. The van der Waals surface area contributed by atoms with E-state index in [2.05, 4.69) is 30.5 Å². The molecule has 150 valence electrons. The lowest BCUT2D eigenvalue weighted by Crippen LogP contribution is -2.03. The summed E-state index contributed by atoms with van der Waals surface area (Å²) in [7, 11) is 0. The highest BCUT2D eigenvalue weighted by molar-refractivity contribution is 5.79. The number of pyridine rings is 1. The SMILES string of the molecule is Fc1cc(F)cc(-c2nc(-c3ccncc3)ncc2-c2nnnn2-c2ccccc2)c1. The van der Waals surface area contributed by atoms with Gasteiger partial charge in [0.2, 0.25) is 0 Å². The molecule has 5 rings (SSSR count). The number of benzene rings is 2. The molecule has 5 aromatic rings. The number of nitrogens with zero attached hydrogens (tertiary/aromatic N) is 7. The zero-order valence-electron chi connectivity index (χ0n) is 15.9. The van der Waals surface area contributed by atoms with Crippen molar-refractivity contribution in [2.24, 2.45) is 0 Å². The van der Waals surface area contributed by atoms with Gasteiger partial charge in [-0.2, -0.15) is 4.68 Å². The van der Waals surface area contributed by atoms with Gasteiger partial charge in [0.1, 0.15) is 11.6 Å². The second-order valence-corrected chi connectivity index (χ2v) is 6.60. The van der Waals surface area contributed by atoms with Gasteiger partial charge in [-0.05, 0) is 46.8 Å². The lowest BCUT2D eigenvalue weighted by atomic mass is 10.1. The minimum Gasteiger partial charge on any atom is -0.265 e. The van der Waals surface area contributed by atoms with Crippen LogP contribution < -0.4 is 0 Å². The molecule has 0 aliphatic rings. The van der Waals surface area contributed by atoms with Crippen molar-refractivity contribution in [1.82, 2.24) is 35.2 Å². The third-order valence-electron chi connectivity index (χ3n) is 4.57. The minimum absolute atomic E-state index is 0.243. The fraction of sp³-hybridized carbons (Fsp3) is 0. The van der Waals surface area contributed by atoms with Crippen molar-refractivity contribution in [2.75, 3.05) is 0 Å². The van der Waals surface area contributed by atoms with Gasteiger partial charge >= 0.3 is 0 Å². The van der Waals surface area contributed by atoms with Gasteiger partial charge in [-0.25, -0.2) is 18.7 Å². The Balaban J connectivity index is 1.74. The molecular weight excluding hydrogens is 400 g/mol. The van der Waals surface area contributed by atoms with Crippen molar-refractivity contribution in [3.8, 4) is 39.7 Å². The molecule has 0 N–H and O–H groups in total. The van der Waals surface area contributed by atoms with Crippen LogP contribution in [0.4, 0.5) is 8.78 Å². The van der Waals surface area contributed by atoms with Crippen LogP contribution in [0.15, 0.2) is 79.3 Å². The number of halogens is 2. The van der Waals surface area contributed by atoms with Crippen molar-refractivity contribution < 1.29 is 8.78 Å². The number of hydrogen-bond acceptors (Lipinski definition) is 6. The largest absolute Gasteiger partial charge is 0.265 e. The molecule has 0 bridgehead atoms. The van der Waals surface area contributed by atoms with Crippen LogP contribution in [0.2, 0.25) is 0 Å². The second kappa shape index (κ2) is 7.79. The molecule has 0 amide bonds. The van der Waals surface area contributed by atoms with Crippen LogP contribution in [0.1, 0.15) is 0 Å². The van der Waals surface area contributed by atoms with Gasteiger partial charge in [-0.1, -0.05) is 18.2 Å². The monoisotopic (exact) mass is 413 g/mol. The Hall–Kier alpha value is -4.40. The third kappa shape index (κ3) is 3.64. The summed E-state index contributed by atoms with van der Waals surface area (Å²) in [5, 5.41) is 12.0. The van der Waals surface area contributed by atoms with Crippen LogP contribution in [0.3, 0.4) is 0 Å². The smallest absolute Gasteiger partial charge is 0.190 e. The molecule has 3 heterocycles. The van der Waals surface area contributed by atoms with Crippen LogP contribution >= 0.6 is 0 Å². The summed E-state index contributed by atoms with van der Waals surface area (Å²) < 4.78 is 29.6. The van der Waals surface area contributed by atoms with Crippen LogP contribution in [-0.2, 0) is 0 Å². The summed E-state index contributed by atoms with van der Waals surface area (Å²) in [5.74, 6) is -0.711. The van der Waals surface area contributed by atoms with E-state index in [1.165, 1.54) is 16.8 Å². The maximum Gasteiger partial charge on any atom is 0.190 e. The molecule has 3 aromatic heterocycles. The van der Waals surface area contributed by atoms with E-state index >= 15 is 0 Å². The lowest BCUT2D eigenvalue weighted by Gasteiger charge is -2.11. The zero-order chi connectivity index (χ0) is 21.2. The zero-order valence-corrected chi connectivity index (χ0v) is 15.9. The van der Waals surface area contributed by atoms with Gasteiger partial charge in [0.15, 0.2) is 11.6 Å². The van der Waals surface area contributed by atoms with E-state index in [9.17, 15) is 8.78 Å². The quantitative estimate of drug-likeness (QED) is 0.441. The number of para-hydroxylation sites is 1. The van der Waals surface area contributed by atoms with Gasteiger partial charge in [0, 0.05) is 35.8 Å². The van der Waals surface area contributed by atoms with E-state index in [0.29, 0.717) is 28.5 Å². The summed E-state index contributed by atoms with van der Waals surface area (Å²) in [6.07, 6.45) is 4.78. The molecule has 0 saturated carbocycles. The highest BCUT2D eigenvalue weighted by atomic mass is 19.1. The highest BCUT2D eigenvalue weighted by Gasteiger charge is 2.20. The highest BCUT2D eigenvalue weighted by Crippen LogP contribution is 2.32. The molecule has 0 saturated heterocycles. The summed E-state index contributed by atoms with van der Waals surface area (Å²) in [5.41, 5.74) is 2.40. The molecule has 7 nitrogen and oxygen atoms in total. The molecule has 0 aliphatic heterocycles. The topological polar surface area (TPSA) is 82.3 Å². The van der Waals surface area contributed by atoms with Crippen molar-refractivity contribution in [3.63, 3.8) is 0 Å². The summed E-state index contributed by atoms with van der Waals surface area (Å²) in [6.45, 7) is 0. The molecule has 2 aromatic carbocycles. The molecule has 9 heteroatoms. The van der Waals surface area contributed by atoms with E-state index < -0.39 is 11.6 Å². The standard InChI is InChI=1S/C22H13F2N7/c23-16-10-15(11-17(24)12-16)20-19(13-26-21(27-20)14-6-8-25-9-7-14)22-28-29-30-31(22)18-4-2-1-3-5-18/h1-13H. The van der Waals surface area contributed by atoms with E-state index in [1.807, 2.05) is 30.3 Å². The molecular formula is C22H13F2N7. The molecule has 0 aliphatic carbocycles. The Morgan fingerprint density at radius 3 is 2.29 bits per heavy atom. The number of rotatable bonds is 4. The first kappa shape index (κ1) is 18.6. The molecule has 0 radical (unpaired) electrons. The molecule has 0 spiro atoms. The van der Waals surface area contributed by atoms with Crippen molar-refractivity contribution in [1.29, 1.82) is 0 Å². The number of tetrazole rings is 1. The fourth-order valence-electron chi connectivity index (χ4n) is 3.19. The van der Waals surface area contributed by atoms with E-state index in [1.54, 1.807) is 30.7 Å². The lowest BCUT2D eigenvalue weighted by molar-refractivity contribution is 0.584. The first-order valence-corrected chi connectivity index (χ1v) is 9.27. The Labute approximate surface area is 175 Å². The number of hydrogen-bond donors (Lipinski definition) is 0. The van der Waals surface area contributed by atoms with Gasteiger partial charge < -0.3 is 0 Å². The Bertz CT molecular complexity index is 1330. The van der Waals surface area contributed by atoms with Crippen LogP contribution in [-0.4, -0.2) is 35.2 Å². The average molecular weight is 413 g/mol. The molecule has 0 atom stereocenters. The van der Waals surface area contributed by atoms with Crippen molar-refractivity contribution >= 4 is 0 Å². The predicted molar refractivity (Wildman–Crippen MR) is 109 cm³/mol. The van der Waals surface area contributed by atoms with Crippen LogP contribution in [0, 0.1) is 11.6 Å². The Morgan fingerprint density at radius 2 is 1.55 bits per heavy atom. The minimum atomic E-state index is -0.715. The first-order valence-electron chi connectivity index (χ1n) is 9.27. The van der Waals surface area contributed by atoms with Gasteiger partial charge in [-0.15, -0.1) is 5.10 Å². The first-order chi connectivity index (χ1) is 15.2. The van der Waals surface area contributed by atoms with Crippen LogP contribution in [0.5, 0.6) is 0 Å². The maximum absolute atomic E-state index is 14.0. The molecule has 31 heavy (non-hydrogen) atoms. The van der Waals surface area contributed by atoms with E-state index in [-0.39, 0.29) is 5.56 Å². The average Bonchev–Trinajstić information content (AvgIpc) is 3.29. The summed E-state index contributed by atoms with van der Waals surface area (Å²) >= 11 is 0. The van der Waals surface area contributed by atoms with Crippen molar-refractivity contribution in [2.45, 2.75) is 0 Å².